The SMILES string of the molecule is COc1cccc(C(=O)OC(C)C(=O)Nc2cc(C)ccc2OC)c1. The van der Waals surface area contributed by atoms with E-state index in [2.05, 4.69) is 5.32 Å². The molecule has 0 heterocycles. The molecule has 0 fully saturated rings. The Morgan fingerprint density at radius 3 is 2.48 bits per heavy atom. The zero-order valence-corrected chi connectivity index (χ0v) is 14.7. The number of nitrogens with one attached hydrogen (secondary N) is 1. The molecule has 2 rings (SSSR count). The van der Waals surface area contributed by atoms with Crippen molar-refractivity contribution >= 4 is 17.6 Å². The standard InChI is InChI=1S/C19H21NO5/c1-12-8-9-17(24-4)16(10-12)20-18(21)13(2)25-19(22)14-6-5-7-15(11-14)23-3/h5-11,13H,1-4H3,(H,20,21). The Morgan fingerprint density at radius 2 is 1.80 bits per heavy atom. The molecular weight excluding hydrogens is 322 g/mol. The normalized spacial score (nSPS) is 11.4. The van der Waals surface area contributed by atoms with Crippen molar-refractivity contribution in [1.29, 1.82) is 0 Å². The van der Waals surface area contributed by atoms with E-state index in [-0.39, 0.29) is 0 Å². The lowest BCUT2D eigenvalue weighted by molar-refractivity contribution is -0.123. The number of hydrogen-bond acceptors (Lipinski definition) is 5. The second kappa shape index (κ2) is 8.19. The first-order valence-corrected chi connectivity index (χ1v) is 7.75. The number of carbonyl (C=O) groups excluding carboxylic acids is 2. The third-order valence-corrected chi connectivity index (χ3v) is 3.57. The minimum atomic E-state index is -0.969. The quantitative estimate of drug-likeness (QED) is 0.816. The zero-order valence-electron chi connectivity index (χ0n) is 14.7. The van der Waals surface area contributed by atoms with Crippen molar-refractivity contribution in [3.63, 3.8) is 0 Å². The van der Waals surface area contributed by atoms with Crippen molar-refractivity contribution in [2.24, 2.45) is 0 Å². The van der Waals surface area contributed by atoms with E-state index in [4.69, 9.17) is 14.2 Å². The van der Waals surface area contributed by atoms with Crippen LogP contribution >= 0.6 is 0 Å². The summed E-state index contributed by atoms with van der Waals surface area (Å²) in [5.41, 5.74) is 1.81. The highest BCUT2D eigenvalue weighted by Crippen LogP contribution is 2.25. The monoisotopic (exact) mass is 343 g/mol. The van der Waals surface area contributed by atoms with Gasteiger partial charge in [-0.25, -0.2) is 4.79 Å². The molecule has 6 heteroatoms. The third-order valence-electron chi connectivity index (χ3n) is 3.57. The summed E-state index contributed by atoms with van der Waals surface area (Å²) in [7, 11) is 3.03. The summed E-state index contributed by atoms with van der Waals surface area (Å²) in [4.78, 5) is 24.5. The van der Waals surface area contributed by atoms with E-state index in [1.54, 1.807) is 36.4 Å². The minimum absolute atomic E-state index is 0.312. The van der Waals surface area contributed by atoms with E-state index in [1.165, 1.54) is 21.1 Å². The molecule has 0 spiro atoms. The van der Waals surface area contributed by atoms with Crippen LogP contribution in [-0.4, -0.2) is 32.2 Å². The van der Waals surface area contributed by atoms with Gasteiger partial charge in [-0.05, 0) is 49.7 Å². The third kappa shape index (κ3) is 4.73. The molecule has 0 aliphatic rings. The average Bonchev–Trinajstić information content (AvgIpc) is 2.61. The van der Waals surface area contributed by atoms with E-state index in [0.717, 1.165) is 5.56 Å². The van der Waals surface area contributed by atoms with E-state index >= 15 is 0 Å². The molecule has 25 heavy (non-hydrogen) atoms. The van der Waals surface area contributed by atoms with Gasteiger partial charge in [0.05, 0.1) is 25.5 Å². The van der Waals surface area contributed by atoms with E-state index in [9.17, 15) is 9.59 Å². The van der Waals surface area contributed by atoms with Gasteiger partial charge in [-0.1, -0.05) is 12.1 Å². The highest BCUT2D eigenvalue weighted by molar-refractivity contribution is 5.98. The number of hydrogen-bond donors (Lipinski definition) is 1. The van der Waals surface area contributed by atoms with Crippen molar-refractivity contribution in [2.75, 3.05) is 19.5 Å². The topological polar surface area (TPSA) is 73.9 Å². The van der Waals surface area contributed by atoms with Gasteiger partial charge in [-0.15, -0.1) is 0 Å². The maximum atomic E-state index is 12.3. The van der Waals surface area contributed by atoms with Crippen LogP contribution in [0.4, 0.5) is 5.69 Å². The fraction of sp³-hybridized carbons (Fsp3) is 0.263. The van der Waals surface area contributed by atoms with Gasteiger partial charge in [0.2, 0.25) is 0 Å². The van der Waals surface area contributed by atoms with Gasteiger partial charge in [-0.3, -0.25) is 4.79 Å². The summed E-state index contributed by atoms with van der Waals surface area (Å²) < 4.78 is 15.5. The first-order valence-electron chi connectivity index (χ1n) is 7.75. The van der Waals surface area contributed by atoms with Crippen LogP contribution < -0.4 is 14.8 Å². The summed E-state index contributed by atoms with van der Waals surface area (Å²) in [6, 6.07) is 12.0. The van der Waals surface area contributed by atoms with E-state index < -0.39 is 18.0 Å². The number of methoxy groups -OCH3 is 2. The van der Waals surface area contributed by atoms with Gasteiger partial charge < -0.3 is 19.5 Å². The lowest BCUT2D eigenvalue weighted by Gasteiger charge is -2.16. The molecule has 0 saturated heterocycles. The Hall–Kier alpha value is -3.02. The van der Waals surface area contributed by atoms with Crippen LogP contribution in [0.5, 0.6) is 11.5 Å². The molecule has 132 valence electrons. The molecule has 0 aliphatic heterocycles. The Balaban J connectivity index is 2.05. The van der Waals surface area contributed by atoms with Crippen LogP contribution in [0.2, 0.25) is 0 Å². The first-order chi connectivity index (χ1) is 11.9. The molecule has 0 saturated carbocycles. The number of carbonyl (C=O) groups is 2. The fourth-order valence-electron chi connectivity index (χ4n) is 2.19. The molecule has 2 aromatic carbocycles. The van der Waals surface area contributed by atoms with Crippen LogP contribution in [0.15, 0.2) is 42.5 Å². The molecule has 2 aromatic rings. The van der Waals surface area contributed by atoms with Crippen molar-refractivity contribution in [3.05, 3.63) is 53.6 Å². The number of rotatable bonds is 6. The molecule has 0 aromatic heterocycles. The largest absolute Gasteiger partial charge is 0.497 e. The Labute approximate surface area is 146 Å². The molecule has 6 nitrogen and oxygen atoms in total. The van der Waals surface area contributed by atoms with Crippen molar-refractivity contribution in [1.82, 2.24) is 0 Å². The molecule has 1 N–H and O–H groups in total. The Bertz CT molecular complexity index is 772. The molecule has 1 atom stereocenters. The number of ether oxygens (including phenoxy) is 3. The van der Waals surface area contributed by atoms with Gasteiger partial charge in [0.15, 0.2) is 6.10 Å². The Morgan fingerprint density at radius 1 is 1.04 bits per heavy atom. The van der Waals surface area contributed by atoms with Crippen molar-refractivity contribution in [2.45, 2.75) is 20.0 Å². The summed E-state index contributed by atoms with van der Waals surface area (Å²) in [5, 5.41) is 2.72. The summed E-state index contributed by atoms with van der Waals surface area (Å²) in [6.07, 6.45) is -0.969. The van der Waals surface area contributed by atoms with Crippen LogP contribution in [0.1, 0.15) is 22.8 Å². The number of amides is 1. The maximum absolute atomic E-state index is 12.3. The number of aryl methyl sites for hydroxylation is 1. The summed E-state index contributed by atoms with van der Waals surface area (Å²) in [6.45, 7) is 3.41. The molecule has 0 radical (unpaired) electrons. The molecule has 0 aliphatic carbocycles. The lowest BCUT2D eigenvalue weighted by atomic mass is 10.2. The predicted molar refractivity (Wildman–Crippen MR) is 94.2 cm³/mol. The maximum Gasteiger partial charge on any atom is 0.339 e. The molecule has 1 amide bonds. The van der Waals surface area contributed by atoms with Gasteiger partial charge >= 0.3 is 5.97 Å². The fourth-order valence-corrected chi connectivity index (χ4v) is 2.19. The number of benzene rings is 2. The second-order valence-electron chi connectivity index (χ2n) is 5.47. The van der Waals surface area contributed by atoms with Gasteiger partial charge in [0.1, 0.15) is 11.5 Å². The minimum Gasteiger partial charge on any atom is -0.497 e. The summed E-state index contributed by atoms with van der Waals surface area (Å²) in [5.74, 6) is 0.0271. The highest BCUT2D eigenvalue weighted by atomic mass is 16.5. The second-order valence-corrected chi connectivity index (χ2v) is 5.47. The zero-order chi connectivity index (χ0) is 18.4. The molecule has 0 bridgehead atoms. The Kier molecular flexibility index (Phi) is 6.00. The summed E-state index contributed by atoms with van der Waals surface area (Å²) >= 11 is 0. The molecule has 1 unspecified atom stereocenters. The smallest absolute Gasteiger partial charge is 0.339 e. The van der Waals surface area contributed by atoms with E-state index in [0.29, 0.717) is 22.7 Å². The van der Waals surface area contributed by atoms with Gasteiger partial charge in [0, 0.05) is 0 Å². The van der Waals surface area contributed by atoms with Crippen molar-refractivity contribution in [3.8, 4) is 11.5 Å². The highest BCUT2D eigenvalue weighted by Gasteiger charge is 2.20. The van der Waals surface area contributed by atoms with Gasteiger partial charge in [-0.2, -0.15) is 0 Å². The first kappa shape index (κ1) is 18.3. The number of esters is 1. The van der Waals surface area contributed by atoms with Crippen molar-refractivity contribution < 1.29 is 23.8 Å². The molecular formula is C19H21NO5. The van der Waals surface area contributed by atoms with Crippen LogP contribution in [0, 0.1) is 6.92 Å². The van der Waals surface area contributed by atoms with Crippen LogP contribution in [0.3, 0.4) is 0 Å². The number of anilines is 1. The van der Waals surface area contributed by atoms with Gasteiger partial charge in [0.25, 0.3) is 5.91 Å². The van der Waals surface area contributed by atoms with Crippen LogP contribution in [0.25, 0.3) is 0 Å². The van der Waals surface area contributed by atoms with E-state index in [1.807, 2.05) is 13.0 Å². The lowest BCUT2D eigenvalue weighted by Crippen LogP contribution is -2.30. The van der Waals surface area contributed by atoms with Crippen LogP contribution in [-0.2, 0) is 9.53 Å². The predicted octanol–water partition coefficient (Wildman–Crippen LogP) is 3.20. The average molecular weight is 343 g/mol.